The molecule has 0 unspecified atom stereocenters. The minimum Gasteiger partial charge on any atom is -0.488 e. The molecule has 44 heavy (non-hydrogen) atoms. The summed E-state index contributed by atoms with van der Waals surface area (Å²) in [4.78, 5) is 21.2. The summed E-state index contributed by atoms with van der Waals surface area (Å²) in [6.45, 7) is 9.34. The molecule has 3 aliphatic heterocycles. The number of aromatic nitrogens is 1. The maximum atomic E-state index is 14.7. The number of aryl methyl sites for hydroxylation is 1. The zero-order valence-electron chi connectivity index (χ0n) is 25.8. The van der Waals surface area contributed by atoms with Crippen LogP contribution in [0.5, 0.6) is 5.75 Å². The van der Waals surface area contributed by atoms with E-state index in [-0.39, 0.29) is 5.82 Å². The van der Waals surface area contributed by atoms with Crippen molar-refractivity contribution in [1.29, 1.82) is 0 Å². The molecule has 0 saturated carbocycles. The molecule has 2 atom stereocenters. The molecule has 8 nitrogen and oxygen atoms in total. The molecule has 4 heterocycles. The maximum absolute atomic E-state index is 14.7. The Morgan fingerprint density at radius 2 is 1.93 bits per heavy atom. The maximum Gasteiger partial charge on any atom is 0.309 e. The summed E-state index contributed by atoms with van der Waals surface area (Å²) in [5.41, 5.74) is 7.27. The summed E-state index contributed by atoms with van der Waals surface area (Å²) >= 11 is 1.46. The first-order valence-electron chi connectivity index (χ1n) is 15.6. The molecule has 2 aromatic carbocycles. The number of nitrogens with zero attached hydrogens (tertiary/aromatic N) is 3. The number of benzene rings is 2. The second-order valence-corrected chi connectivity index (χ2v) is 13.1. The predicted molar refractivity (Wildman–Crippen MR) is 169 cm³/mol. The molecule has 0 bridgehead atoms. The van der Waals surface area contributed by atoms with Crippen LogP contribution in [0.2, 0.25) is 0 Å². The summed E-state index contributed by atoms with van der Waals surface area (Å²) in [5, 5.41) is 12.2. The molecule has 0 amide bonds. The third kappa shape index (κ3) is 6.49. The summed E-state index contributed by atoms with van der Waals surface area (Å²) in [7, 11) is 1.55. The lowest BCUT2D eigenvalue weighted by Gasteiger charge is -2.35. The molecule has 0 radical (unpaired) electrons. The second-order valence-electron chi connectivity index (χ2n) is 12.2. The second kappa shape index (κ2) is 13.5. The molecular weight excluding hydrogens is 581 g/mol. The number of carboxylic acids is 1. The lowest BCUT2D eigenvalue weighted by atomic mass is 9.94. The Hall–Kier alpha value is -3.05. The third-order valence-corrected chi connectivity index (χ3v) is 10.6. The van der Waals surface area contributed by atoms with Crippen LogP contribution in [-0.4, -0.2) is 79.6 Å². The van der Waals surface area contributed by atoms with Gasteiger partial charge in [-0.1, -0.05) is 12.1 Å². The van der Waals surface area contributed by atoms with Crippen LogP contribution >= 0.6 is 11.3 Å². The highest BCUT2D eigenvalue weighted by atomic mass is 32.1. The Labute approximate surface area is 262 Å². The van der Waals surface area contributed by atoms with Crippen molar-refractivity contribution < 1.29 is 28.5 Å². The molecule has 1 N–H and O–H groups in total. The van der Waals surface area contributed by atoms with Crippen molar-refractivity contribution in [3.05, 3.63) is 63.3 Å². The van der Waals surface area contributed by atoms with E-state index in [1.807, 2.05) is 12.3 Å². The van der Waals surface area contributed by atoms with Crippen LogP contribution in [0.1, 0.15) is 47.1 Å². The van der Waals surface area contributed by atoms with Crippen LogP contribution < -0.4 is 9.64 Å². The largest absolute Gasteiger partial charge is 0.488 e. The number of carboxylic acid groups (broad SMARTS) is 1. The standard InChI is InChI=1S/C34H42FN3O5S/c1-21-16-25(35)17-29(30-20-44-34(36-30)38-13-8-28(33(39)40)31(18-38)41-3)32(21)43-19-24-5-4-23-6-11-37(12-7-27(23)22(24)2)26-9-14-42-15-10-26/h4-5,16-17,20,26,28,31H,6-15,18-19H2,1-3H3,(H,39,40)/t28-,31+/m0/s1. The highest BCUT2D eigenvalue weighted by Crippen LogP contribution is 2.38. The number of anilines is 1. The number of hydrogen-bond donors (Lipinski definition) is 1. The van der Waals surface area contributed by atoms with Gasteiger partial charge < -0.3 is 24.2 Å². The number of rotatable bonds is 8. The normalized spacial score (nSPS) is 21.6. The molecule has 3 aliphatic rings. The van der Waals surface area contributed by atoms with E-state index >= 15 is 0 Å². The molecule has 1 aromatic heterocycles. The third-order valence-electron chi connectivity index (χ3n) is 9.66. The molecule has 0 spiro atoms. The Bertz CT molecular complexity index is 1490. The Kier molecular flexibility index (Phi) is 9.51. The molecule has 2 saturated heterocycles. The lowest BCUT2D eigenvalue weighted by Crippen LogP contribution is -2.47. The molecule has 0 aliphatic carbocycles. The van der Waals surface area contributed by atoms with Gasteiger partial charge in [0.1, 0.15) is 18.2 Å². The fourth-order valence-electron chi connectivity index (χ4n) is 7.05. The topological polar surface area (TPSA) is 84.4 Å². The SMILES string of the molecule is CO[C@@H]1CN(c2nc(-c3cc(F)cc(C)c3OCc3ccc4c(c3C)CCN(C3CCOCC3)CC4)cs2)CC[C@@H]1C(=O)O. The Balaban J connectivity index is 1.18. The lowest BCUT2D eigenvalue weighted by molar-refractivity contribution is -0.147. The fraction of sp³-hybridized carbons (Fsp3) is 0.529. The zero-order valence-corrected chi connectivity index (χ0v) is 26.6. The van der Waals surface area contributed by atoms with E-state index < -0.39 is 18.0 Å². The summed E-state index contributed by atoms with van der Waals surface area (Å²) in [5.74, 6) is -1.09. The predicted octanol–water partition coefficient (Wildman–Crippen LogP) is 5.65. The van der Waals surface area contributed by atoms with Gasteiger partial charge >= 0.3 is 5.97 Å². The van der Waals surface area contributed by atoms with Gasteiger partial charge in [0.15, 0.2) is 5.13 Å². The van der Waals surface area contributed by atoms with Gasteiger partial charge in [0.2, 0.25) is 0 Å². The quantitative estimate of drug-likeness (QED) is 0.345. The monoisotopic (exact) mass is 623 g/mol. The highest BCUT2D eigenvalue weighted by molar-refractivity contribution is 7.14. The first-order valence-corrected chi connectivity index (χ1v) is 16.5. The number of piperidine rings is 1. The van der Waals surface area contributed by atoms with Gasteiger partial charge in [0, 0.05) is 63.5 Å². The minimum atomic E-state index is -0.838. The number of aliphatic carboxylic acids is 1. The number of carbonyl (C=O) groups is 1. The molecule has 6 rings (SSSR count). The van der Waals surface area contributed by atoms with Crippen molar-refractivity contribution in [2.75, 3.05) is 51.4 Å². The van der Waals surface area contributed by atoms with E-state index in [9.17, 15) is 14.3 Å². The van der Waals surface area contributed by atoms with Gasteiger partial charge in [0.25, 0.3) is 0 Å². The van der Waals surface area contributed by atoms with Gasteiger partial charge in [0.05, 0.1) is 17.7 Å². The van der Waals surface area contributed by atoms with E-state index in [1.165, 1.54) is 40.2 Å². The van der Waals surface area contributed by atoms with Gasteiger partial charge in [-0.05, 0) is 85.9 Å². The van der Waals surface area contributed by atoms with Crippen molar-refractivity contribution in [1.82, 2.24) is 9.88 Å². The summed E-state index contributed by atoms with van der Waals surface area (Å²) in [6.07, 6.45) is 4.38. The summed E-state index contributed by atoms with van der Waals surface area (Å²) < 4.78 is 32.3. The molecule has 3 aromatic rings. The van der Waals surface area contributed by atoms with E-state index in [0.717, 1.165) is 68.2 Å². The van der Waals surface area contributed by atoms with Crippen molar-refractivity contribution in [3.63, 3.8) is 0 Å². The Morgan fingerprint density at radius 1 is 1.14 bits per heavy atom. The minimum absolute atomic E-state index is 0.337. The van der Waals surface area contributed by atoms with Gasteiger partial charge in [-0.15, -0.1) is 11.3 Å². The number of halogens is 1. The highest BCUT2D eigenvalue weighted by Gasteiger charge is 2.35. The van der Waals surface area contributed by atoms with Crippen LogP contribution in [0.3, 0.4) is 0 Å². The molecule has 236 valence electrons. The molecular formula is C34H42FN3O5S. The van der Waals surface area contributed by atoms with Gasteiger partial charge in [-0.25, -0.2) is 9.37 Å². The smallest absolute Gasteiger partial charge is 0.309 e. The van der Waals surface area contributed by atoms with E-state index in [2.05, 4.69) is 28.9 Å². The van der Waals surface area contributed by atoms with Crippen molar-refractivity contribution in [2.24, 2.45) is 5.92 Å². The number of thiazole rings is 1. The first kappa shape index (κ1) is 31.0. The van der Waals surface area contributed by atoms with Crippen molar-refractivity contribution in [3.8, 4) is 17.0 Å². The number of ether oxygens (including phenoxy) is 3. The van der Waals surface area contributed by atoms with Crippen molar-refractivity contribution in [2.45, 2.75) is 64.7 Å². The average molecular weight is 624 g/mol. The van der Waals surface area contributed by atoms with Crippen LogP contribution in [0.25, 0.3) is 11.3 Å². The Morgan fingerprint density at radius 3 is 2.70 bits per heavy atom. The molecule has 10 heteroatoms. The zero-order chi connectivity index (χ0) is 30.8. The van der Waals surface area contributed by atoms with E-state index in [0.29, 0.717) is 49.2 Å². The van der Waals surface area contributed by atoms with Crippen molar-refractivity contribution >= 4 is 22.4 Å². The van der Waals surface area contributed by atoms with Gasteiger partial charge in [-0.3, -0.25) is 9.69 Å². The van der Waals surface area contributed by atoms with Crippen LogP contribution in [0.4, 0.5) is 9.52 Å². The number of hydrogen-bond acceptors (Lipinski definition) is 8. The first-order chi connectivity index (χ1) is 21.3. The van der Waals surface area contributed by atoms with E-state index in [1.54, 1.807) is 7.11 Å². The van der Waals surface area contributed by atoms with Gasteiger partial charge in [-0.2, -0.15) is 0 Å². The van der Waals surface area contributed by atoms with Crippen LogP contribution in [0.15, 0.2) is 29.6 Å². The average Bonchev–Trinajstić information content (AvgIpc) is 3.42. The number of fused-ring (bicyclic) bond motifs is 1. The fourth-order valence-corrected chi connectivity index (χ4v) is 7.92. The number of methoxy groups -OCH3 is 1. The summed E-state index contributed by atoms with van der Waals surface area (Å²) in [6, 6.07) is 8.06. The van der Waals surface area contributed by atoms with E-state index in [4.69, 9.17) is 19.2 Å². The molecule has 2 fully saturated rings. The van der Waals surface area contributed by atoms with Crippen LogP contribution in [-0.2, 0) is 33.7 Å². The van der Waals surface area contributed by atoms with Crippen LogP contribution in [0, 0.1) is 25.6 Å².